The van der Waals surface area contributed by atoms with Crippen LogP contribution in [0.5, 0.6) is 0 Å². The molecule has 1 amide bonds. The second-order valence-electron chi connectivity index (χ2n) is 9.22. The van der Waals surface area contributed by atoms with E-state index in [0.717, 1.165) is 50.9 Å². The van der Waals surface area contributed by atoms with E-state index in [9.17, 15) is 18.0 Å². The van der Waals surface area contributed by atoms with Gasteiger partial charge in [0.2, 0.25) is 0 Å². The third kappa shape index (κ3) is 5.88. The molecular weight excluding hydrogens is 443 g/mol. The van der Waals surface area contributed by atoms with Crippen molar-refractivity contribution in [3.8, 4) is 0 Å². The number of hydrogen-bond donors (Lipinski definition) is 3. The van der Waals surface area contributed by atoms with Crippen molar-refractivity contribution in [1.29, 1.82) is 0 Å². The van der Waals surface area contributed by atoms with Gasteiger partial charge in [0.05, 0.1) is 23.8 Å². The number of pyridine rings is 1. The van der Waals surface area contributed by atoms with Crippen LogP contribution in [0.2, 0.25) is 0 Å². The molecule has 1 saturated heterocycles. The predicted octanol–water partition coefficient (Wildman–Crippen LogP) is 3.93. The SMILES string of the molecule is C=C(CNC(=O)c1cccc(C(F)(F)F)c1)NC1CN(C2CCC(c3cncc(N)c3)CC2)C1. The lowest BCUT2D eigenvalue weighted by molar-refractivity contribution is -0.137. The number of nitrogens with zero attached hydrogens (tertiary/aromatic N) is 2. The summed E-state index contributed by atoms with van der Waals surface area (Å²) in [7, 11) is 0. The molecule has 1 saturated carbocycles. The Morgan fingerprint density at radius 2 is 1.88 bits per heavy atom. The van der Waals surface area contributed by atoms with E-state index in [2.05, 4.69) is 27.1 Å². The van der Waals surface area contributed by atoms with E-state index < -0.39 is 17.6 Å². The number of likely N-dealkylation sites (tertiary alicyclic amines) is 1. The predicted molar refractivity (Wildman–Crippen MR) is 125 cm³/mol. The van der Waals surface area contributed by atoms with Crippen molar-refractivity contribution in [2.45, 2.75) is 49.9 Å². The zero-order valence-corrected chi connectivity index (χ0v) is 18.9. The first-order valence-corrected chi connectivity index (χ1v) is 11.5. The minimum atomic E-state index is -4.48. The maximum absolute atomic E-state index is 12.8. The Labute approximate surface area is 197 Å². The lowest BCUT2D eigenvalue weighted by Gasteiger charge is -2.47. The molecule has 0 atom stereocenters. The van der Waals surface area contributed by atoms with Crippen LogP contribution in [-0.4, -0.2) is 47.5 Å². The van der Waals surface area contributed by atoms with Crippen LogP contribution in [0.1, 0.15) is 53.1 Å². The van der Waals surface area contributed by atoms with Gasteiger partial charge in [-0.15, -0.1) is 0 Å². The van der Waals surface area contributed by atoms with Gasteiger partial charge in [-0.1, -0.05) is 12.6 Å². The van der Waals surface area contributed by atoms with Crippen molar-refractivity contribution in [2.24, 2.45) is 0 Å². The number of carbonyl (C=O) groups excluding carboxylic acids is 1. The lowest BCUT2D eigenvalue weighted by atomic mass is 9.80. The Bertz CT molecular complexity index is 1030. The highest BCUT2D eigenvalue weighted by Crippen LogP contribution is 2.36. The molecule has 1 aliphatic heterocycles. The summed E-state index contributed by atoms with van der Waals surface area (Å²) < 4.78 is 38.5. The zero-order valence-electron chi connectivity index (χ0n) is 18.9. The highest BCUT2D eigenvalue weighted by atomic mass is 19.4. The number of amides is 1. The van der Waals surface area contributed by atoms with E-state index in [1.807, 2.05) is 12.3 Å². The second-order valence-corrected chi connectivity index (χ2v) is 9.22. The van der Waals surface area contributed by atoms with Crippen molar-refractivity contribution in [3.63, 3.8) is 0 Å². The Morgan fingerprint density at radius 1 is 1.15 bits per heavy atom. The van der Waals surface area contributed by atoms with Gasteiger partial charge in [0.25, 0.3) is 5.91 Å². The molecule has 1 aliphatic carbocycles. The maximum atomic E-state index is 12.8. The van der Waals surface area contributed by atoms with Crippen LogP contribution in [0.4, 0.5) is 18.9 Å². The highest BCUT2D eigenvalue weighted by Gasteiger charge is 2.35. The number of nitrogen functional groups attached to an aromatic ring is 1. The van der Waals surface area contributed by atoms with E-state index >= 15 is 0 Å². The van der Waals surface area contributed by atoms with Crippen LogP contribution in [-0.2, 0) is 6.18 Å². The Hall–Kier alpha value is -3.07. The van der Waals surface area contributed by atoms with E-state index in [1.54, 1.807) is 6.20 Å². The first-order valence-electron chi connectivity index (χ1n) is 11.5. The van der Waals surface area contributed by atoms with E-state index in [4.69, 9.17) is 5.73 Å². The summed E-state index contributed by atoms with van der Waals surface area (Å²) in [5, 5.41) is 5.95. The number of benzene rings is 1. The fourth-order valence-electron chi connectivity index (χ4n) is 4.84. The van der Waals surface area contributed by atoms with Crippen LogP contribution in [0, 0.1) is 0 Å². The van der Waals surface area contributed by atoms with Gasteiger partial charge in [0, 0.05) is 42.8 Å². The molecule has 4 rings (SSSR count). The van der Waals surface area contributed by atoms with Crippen molar-refractivity contribution in [2.75, 3.05) is 25.4 Å². The van der Waals surface area contributed by atoms with Gasteiger partial charge in [-0.2, -0.15) is 13.2 Å². The number of hydrogen-bond acceptors (Lipinski definition) is 5. The average Bonchev–Trinajstić information content (AvgIpc) is 2.79. The quantitative estimate of drug-likeness (QED) is 0.568. The van der Waals surface area contributed by atoms with Crippen LogP contribution in [0.15, 0.2) is 55.0 Å². The summed E-state index contributed by atoms with van der Waals surface area (Å²) in [4.78, 5) is 18.9. The van der Waals surface area contributed by atoms with Gasteiger partial charge in [-0.05, 0) is 61.4 Å². The van der Waals surface area contributed by atoms with Crippen LogP contribution < -0.4 is 16.4 Å². The van der Waals surface area contributed by atoms with Gasteiger partial charge in [-0.25, -0.2) is 0 Å². The number of anilines is 1. The number of rotatable bonds is 7. The van der Waals surface area contributed by atoms with Gasteiger partial charge >= 0.3 is 6.18 Å². The molecular formula is C25H30F3N5O. The first kappa shape index (κ1) is 24.1. The molecule has 0 bridgehead atoms. The number of nitrogens with one attached hydrogen (secondary N) is 2. The Kier molecular flexibility index (Phi) is 7.11. The summed E-state index contributed by atoms with van der Waals surface area (Å²) >= 11 is 0. The van der Waals surface area contributed by atoms with E-state index in [0.29, 0.717) is 23.3 Å². The number of carbonyl (C=O) groups is 1. The van der Waals surface area contributed by atoms with Crippen molar-refractivity contribution >= 4 is 11.6 Å². The normalized spacial score (nSPS) is 21.5. The fraction of sp³-hybridized carbons (Fsp3) is 0.440. The van der Waals surface area contributed by atoms with E-state index in [1.165, 1.54) is 17.7 Å². The molecule has 2 fully saturated rings. The van der Waals surface area contributed by atoms with Crippen molar-refractivity contribution in [1.82, 2.24) is 20.5 Å². The third-order valence-corrected chi connectivity index (χ3v) is 6.70. The van der Waals surface area contributed by atoms with Gasteiger partial charge < -0.3 is 16.4 Å². The van der Waals surface area contributed by atoms with Gasteiger partial charge in [0.15, 0.2) is 0 Å². The topological polar surface area (TPSA) is 83.3 Å². The zero-order chi connectivity index (χ0) is 24.3. The molecule has 1 aromatic carbocycles. The Balaban J connectivity index is 1.16. The smallest absolute Gasteiger partial charge is 0.397 e. The minimum Gasteiger partial charge on any atom is -0.397 e. The van der Waals surface area contributed by atoms with Crippen LogP contribution in [0.3, 0.4) is 0 Å². The second kappa shape index (κ2) is 10.0. The number of alkyl halides is 3. The number of nitrogens with two attached hydrogens (primary N) is 1. The minimum absolute atomic E-state index is 0.0259. The molecule has 6 nitrogen and oxygen atoms in total. The molecule has 0 unspecified atom stereocenters. The highest BCUT2D eigenvalue weighted by molar-refractivity contribution is 5.94. The largest absolute Gasteiger partial charge is 0.416 e. The average molecular weight is 474 g/mol. The molecule has 9 heteroatoms. The summed E-state index contributed by atoms with van der Waals surface area (Å²) in [6.45, 7) is 5.93. The standard InChI is InChI=1S/C25H30F3N5O/c1-16(11-31-24(34)18-3-2-4-20(9-18)25(26,27)28)32-22-14-33(15-22)23-7-5-17(6-8-23)19-10-21(29)13-30-12-19/h2-4,9-10,12-13,17,22-23,32H,1,5-8,11,14-15,29H2,(H,31,34). The molecule has 0 spiro atoms. The lowest BCUT2D eigenvalue weighted by Crippen LogP contribution is -2.61. The van der Waals surface area contributed by atoms with Crippen molar-refractivity contribution in [3.05, 3.63) is 71.7 Å². The van der Waals surface area contributed by atoms with Crippen LogP contribution in [0.25, 0.3) is 0 Å². The molecule has 2 aromatic rings. The molecule has 2 heterocycles. The maximum Gasteiger partial charge on any atom is 0.416 e. The summed E-state index contributed by atoms with van der Waals surface area (Å²) in [6, 6.07) is 7.24. The molecule has 1 aromatic heterocycles. The Morgan fingerprint density at radius 3 is 2.56 bits per heavy atom. The van der Waals surface area contributed by atoms with Gasteiger partial charge in [-0.3, -0.25) is 14.7 Å². The summed E-state index contributed by atoms with van der Waals surface area (Å²) in [5.41, 5.74) is 7.58. The van der Waals surface area contributed by atoms with E-state index in [-0.39, 0.29) is 18.2 Å². The monoisotopic (exact) mass is 473 g/mol. The molecule has 4 N–H and O–H groups in total. The molecule has 34 heavy (non-hydrogen) atoms. The molecule has 2 aliphatic rings. The van der Waals surface area contributed by atoms with Crippen LogP contribution >= 0.6 is 0 Å². The number of aromatic nitrogens is 1. The number of halogens is 3. The summed E-state index contributed by atoms with van der Waals surface area (Å²) in [5.74, 6) is -0.0425. The molecule has 0 radical (unpaired) electrons. The molecule has 182 valence electrons. The third-order valence-electron chi connectivity index (χ3n) is 6.70. The fourth-order valence-corrected chi connectivity index (χ4v) is 4.84. The van der Waals surface area contributed by atoms with Crippen molar-refractivity contribution < 1.29 is 18.0 Å². The first-order chi connectivity index (χ1) is 16.2. The summed E-state index contributed by atoms with van der Waals surface area (Å²) in [6.07, 6.45) is 3.64. The van der Waals surface area contributed by atoms with Gasteiger partial charge in [0.1, 0.15) is 0 Å².